The van der Waals surface area contributed by atoms with Crippen LogP contribution in [0.3, 0.4) is 0 Å². The summed E-state index contributed by atoms with van der Waals surface area (Å²) >= 11 is 6.21. The highest BCUT2D eigenvalue weighted by Gasteiger charge is 2.21. The number of aryl methyl sites for hydroxylation is 1. The van der Waals surface area contributed by atoms with E-state index >= 15 is 0 Å². The molecular weight excluding hydrogens is 246 g/mol. The van der Waals surface area contributed by atoms with E-state index in [4.69, 9.17) is 16.3 Å². The molecule has 1 aromatic rings. The predicted octanol–water partition coefficient (Wildman–Crippen LogP) is 4.11. The van der Waals surface area contributed by atoms with Crippen molar-refractivity contribution in [2.24, 2.45) is 0 Å². The van der Waals surface area contributed by atoms with Gasteiger partial charge in [-0.3, -0.25) is 0 Å². The highest BCUT2D eigenvalue weighted by atomic mass is 35.5. The smallest absolute Gasteiger partial charge is 0.0766 e. The van der Waals surface area contributed by atoms with Crippen molar-refractivity contribution in [1.29, 1.82) is 0 Å². The van der Waals surface area contributed by atoms with E-state index in [2.05, 4.69) is 31.3 Å². The molecule has 2 unspecified atom stereocenters. The van der Waals surface area contributed by atoms with Crippen LogP contribution in [-0.2, 0) is 4.74 Å². The fourth-order valence-electron chi connectivity index (χ4n) is 2.15. The zero-order chi connectivity index (χ0) is 13.5. The van der Waals surface area contributed by atoms with Crippen molar-refractivity contribution < 1.29 is 4.74 Å². The average molecular weight is 270 g/mol. The molecule has 0 spiro atoms. The number of hydrogen-bond donors (Lipinski definition) is 1. The molecule has 0 aromatic heterocycles. The number of likely N-dealkylation sites (N-methyl/N-ethyl adjacent to an activating group) is 1. The largest absolute Gasteiger partial charge is 0.377 e. The van der Waals surface area contributed by atoms with Gasteiger partial charge >= 0.3 is 0 Å². The first kappa shape index (κ1) is 15.5. The Hall–Kier alpha value is -0.570. The first-order chi connectivity index (χ1) is 8.63. The molecule has 1 aromatic carbocycles. The van der Waals surface area contributed by atoms with Gasteiger partial charge in [0.15, 0.2) is 0 Å². The van der Waals surface area contributed by atoms with Crippen molar-refractivity contribution in [1.82, 2.24) is 5.32 Å². The van der Waals surface area contributed by atoms with E-state index < -0.39 is 0 Å². The Morgan fingerprint density at radius 2 is 2.00 bits per heavy atom. The molecule has 2 atom stereocenters. The Morgan fingerprint density at radius 3 is 2.50 bits per heavy atom. The minimum absolute atomic E-state index is 0.189. The van der Waals surface area contributed by atoms with Gasteiger partial charge in [-0.25, -0.2) is 0 Å². The van der Waals surface area contributed by atoms with Gasteiger partial charge in [0.1, 0.15) is 0 Å². The van der Waals surface area contributed by atoms with Gasteiger partial charge in [0.25, 0.3) is 0 Å². The van der Waals surface area contributed by atoms with Gasteiger partial charge in [-0.05, 0) is 44.0 Å². The van der Waals surface area contributed by atoms with Crippen LogP contribution in [0.5, 0.6) is 0 Å². The second-order valence-electron chi connectivity index (χ2n) is 4.45. The van der Waals surface area contributed by atoms with Crippen LogP contribution in [0.25, 0.3) is 0 Å². The molecule has 18 heavy (non-hydrogen) atoms. The number of halogens is 1. The van der Waals surface area contributed by atoms with Crippen molar-refractivity contribution in [3.05, 3.63) is 34.3 Å². The summed E-state index contributed by atoms with van der Waals surface area (Å²) in [5.41, 5.74) is 2.31. The summed E-state index contributed by atoms with van der Waals surface area (Å²) < 4.78 is 5.82. The monoisotopic (exact) mass is 269 g/mol. The SMILES string of the molecule is CCNC(c1ccc(C)c(Cl)c1)C(CC)OCC. The topological polar surface area (TPSA) is 21.3 Å². The summed E-state index contributed by atoms with van der Waals surface area (Å²) in [5.74, 6) is 0. The Balaban J connectivity index is 2.98. The molecule has 0 aliphatic heterocycles. The number of hydrogen-bond acceptors (Lipinski definition) is 2. The molecule has 1 rings (SSSR count). The fourth-order valence-corrected chi connectivity index (χ4v) is 2.34. The number of nitrogens with one attached hydrogen (secondary N) is 1. The zero-order valence-corrected chi connectivity index (χ0v) is 12.6. The van der Waals surface area contributed by atoms with Crippen LogP contribution in [0.15, 0.2) is 18.2 Å². The Labute approximate surface area is 116 Å². The van der Waals surface area contributed by atoms with Gasteiger partial charge in [-0.1, -0.05) is 37.6 Å². The zero-order valence-electron chi connectivity index (χ0n) is 11.8. The average Bonchev–Trinajstić information content (AvgIpc) is 2.37. The Kier molecular flexibility index (Phi) is 6.69. The van der Waals surface area contributed by atoms with Gasteiger partial charge in [0.2, 0.25) is 0 Å². The summed E-state index contributed by atoms with van der Waals surface area (Å²) in [4.78, 5) is 0. The van der Waals surface area contributed by atoms with Crippen molar-refractivity contribution in [2.75, 3.05) is 13.2 Å². The van der Waals surface area contributed by atoms with Crippen molar-refractivity contribution in [3.8, 4) is 0 Å². The van der Waals surface area contributed by atoms with Crippen LogP contribution in [0.2, 0.25) is 5.02 Å². The van der Waals surface area contributed by atoms with Crippen LogP contribution >= 0.6 is 11.6 Å². The minimum Gasteiger partial charge on any atom is -0.377 e. The quantitative estimate of drug-likeness (QED) is 0.804. The highest BCUT2D eigenvalue weighted by molar-refractivity contribution is 6.31. The van der Waals surface area contributed by atoms with Gasteiger partial charge in [0, 0.05) is 11.6 Å². The first-order valence-electron chi connectivity index (χ1n) is 6.75. The molecule has 0 amide bonds. The summed E-state index contributed by atoms with van der Waals surface area (Å²) in [6, 6.07) is 6.46. The second-order valence-corrected chi connectivity index (χ2v) is 4.85. The van der Waals surface area contributed by atoms with E-state index in [0.29, 0.717) is 0 Å². The molecule has 0 aliphatic carbocycles. The fraction of sp³-hybridized carbons (Fsp3) is 0.600. The standard InChI is InChI=1S/C15H24ClNO/c1-5-14(18-7-3)15(17-6-2)12-9-8-11(4)13(16)10-12/h8-10,14-15,17H,5-7H2,1-4H3. The lowest BCUT2D eigenvalue weighted by atomic mass is 9.98. The van der Waals surface area contributed by atoms with Gasteiger partial charge in [-0.2, -0.15) is 0 Å². The molecule has 2 nitrogen and oxygen atoms in total. The molecule has 0 fully saturated rings. The van der Waals surface area contributed by atoms with Crippen LogP contribution in [0.4, 0.5) is 0 Å². The molecule has 0 saturated heterocycles. The van der Waals surface area contributed by atoms with Crippen LogP contribution < -0.4 is 5.32 Å². The van der Waals surface area contributed by atoms with Gasteiger partial charge < -0.3 is 10.1 Å². The Bertz CT molecular complexity index is 368. The minimum atomic E-state index is 0.189. The molecule has 102 valence electrons. The molecule has 0 heterocycles. The van der Waals surface area contributed by atoms with Crippen molar-refractivity contribution in [2.45, 2.75) is 46.3 Å². The lowest BCUT2D eigenvalue weighted by Crippen LogP contribution is -2.33. The molecule has 0 bridgehead atoms. The van der Waals surface area contributed by atoms with Gasteiger partial charge in [0.05, 0.1) is 12.1 Å². The molecule has 1 N–H and O–H groups in total. The predicted molar refractivity (Wildman–Crippen MR) is 78.3 cm³/mol. The van der Waals surface area contributed by atoms with Crippen LogP contribution in [-0.4, -0.2) is 19.3 Å². The number of ether oxygens (including phenoxy) is 1. The summed E-state index contributed by atoms with van der Waals surface area (Å²) in [6.45, 7) is 9.98. The highest BCUT2D eigenvalue weighted by Crippen LogP contribution is 2.26. The van der Waals surface area contributed by atoms with E-state index in [1.54, 1.807) is 0 Å². The third kappa shape index (κ3) is 3.98. The molecular formula is C15H24ClNO. The first-order valence-corrected chi connectivity index (χ1v) is 7.12. The summed E-state index contributed by atoms with van der Waals surface area (Å²) in [7, 11) is 0. The second kappa shape index (κ2) is 7.78. The van der Waals surface area contributed by atoms with Crippen molar-refractivity contribution >= 4 is 11.6 Å². The maximum atomic E-state index is 6.21. The number of rotatable bonds is 7. The third-order valence-corrected chi connectivity index (χ3v) is 3.54. The molecule has 0 saturated carbocycles. The normalized spacial score (nSPS) is 14.5. The molecule has 0 aliphatic rings. The van der Waals surface area contributed by atoms with E-state index in [-0.39, 0.29) is 12.1 Å². The van der Waals surface area contributed by atoms with E-state index in [9.17, 15) is 0 Å². The van der Waals surface area contributed by atoms with E-state index in [1.807, 2.05) is 19.9 Å². The van der Waals surface area contributed by atoms with Crippen LogP contribution in [0, 0.1) is 6.92 Å². The summed E-state index contributed by atoms with van der Waals surface area (Å²) in [5, 5.41) is 4.32. The third-order valence-electron chi connectivity index (χ3n) is 3.13. The maximum absolute atomic E-state index is 6.21. The number of benzene rings is 1. The van der Waals surface area contributed by atoms with E-state index in [0.717, 1.165) is 30.2 Å². The van der Waals surface area contributed by atoms with Crippen LogP contribution in [0.1, 0.15) is 44.4 Å². The Morgan fingerprint density at radius 1 is 1.28 bits per heavy atom. The van der Waals surface area contributed by atoms with E-state index in [1.165, 1.54) is 5.56 Å². The summed E-state index contributed by atoms with van der Waals surface area (Å²) in [6.07, 6.45) is 1.17. The van der Waals surface area contributed by atoms with Gasteiger partial charge in [-0.15, -0.1) is 0 Å². The molecule has 0 radical (unpaired) electrons. The van der Waals surface area contributed by atoms with Crippen molar-refractivity contribution in [3.63, 3.8) is 0 Å². The lowest BCUT2D eigenvalue weighted by molar-refractivity contribution is 0.0318. The molecule has 3 heteroatoms. The lowest BCUT2D eigenvalue weighted by Gasteiger charge is -2.27. The maximum Gasteiger partial charge on any atom is 0.0766 e.